The second-order valence-corrected chi connectivity index (χ2v) is 3.65. The van der Waals surface area contributed by atoms with E-state index in [1.807, 2.05) is 43.1 Å². The van der Waals surface area contributed by atoms with Gasteiger partial charge in [0.2, 0.25) is 0 Å². The van der Waals surface area contributed by atoms with E-state index in [4.69, 9.17) is 4.74 Å². The van der Waals surface area contributed by atoms with Gasteiger partial charge in [-0.15, -0.1) is 0 Å². The summed E-state index contributed by atoms with van der Waals surface area (Å²) in [5.74, 6) is 0.633. The molecule has 0 saturated heterocycles. The molecule has 0 heterocycles. The van der Waals surface area contributed by atoms with Crippen molar-refractivity contribution >= 4 is 11.7 Å². The Morgan fingerprint density at radius 3 is 2.71 bits per heavy atom. The number of carbonyl (C=O) groups is 1. The molecule has 0 spiro atoms. The molecule has 94 valence electrons. The van der Waals surface area contributed by atoms with Crippen molar-refractivity contribution in [3.8, 4) is 5.75 Å². The van der Waals surface area contributed by atoms with Gasteiger partial charge in [-0.3, -0.25) is 4.79 Å². The zero-order valence-electron chi connectivity index (χ0n) is 10.6. The first kappa shape index (κ1) is 13.4. The van der Waals surface area contributed by atoms with Gasteiger partial charge in [0.15, 0.2) is 0 Å². The fraction of sp³-hybridized carbons (Fsp3) is 0.462. The van der Waals surface area contributed by atoms with Gasteiger partial charge in [0.25, 0.3) is 0 Å². The van der Waals surface area contributed by atoms with Crippen LogP contribution in [0, 0.1) is 0 Å². The summed E-state index contributed by atoms with van der Waals surface area (Å²) in [6.07, 6.45) is 0.369. The highest BCUT2D eigenvalue weighted by atomic mass is 16.5. The molecule has 4 nitrogen and oxygen atoms in total. The molecule has 0 aliphatic carbocycles. The van der Waals surface area contributed by atoms with E-state index in [1.165, 1.54) is 7.11 Å². The fourth-order valence-corrected chi connectivity index (χ4v) is 1.53. The Bertz CT molecular complexity index is 365. The lowest BCUT2D eigenvalue weighted by molar-refractivity contribution is -0.140. The molecule has 0 amide bonds. The molecule has 0 saturated carbocycles. The predicted octanol–water partition coefficient (Wildman–Crippen LogP) is 2.08. The third-order valence-electron chi connectivity index (χ3n) is 2.46. The zero-order chi connectivity index (χ0) is 12.7. The summed E-state index contributed by atoms with van der Waals surface area (Å²) in [5.41, 5.74) is 0.984. The zero-order valence-corrected chi connectivity index (χ0v) is 10.6. The van der Waals surface area contributed by atoms with Crippen LogP contribution in [-0.2, 0) is 9.53 Å². The highest BCUT2D eigenvalue weighted by Gasteiger charge is 2.09. The van der Waals surface area contributed by atoms with E-state index >= 15 is 0 Å². The molecule has 0 bridgehead atoms. The van der Waals surface area contributed by atoms with Crippen molar-refractivity contribution in [3.05, 3.63) is 24.3 Å². The van der Waals surface area contributed by atoms with Gasteiger partial charge in [-0.1, -0.05) is 12.1 Å². The number of benzene rings is 1. The van der Waals surface area contributed by atoms with Crippen molar-refractivity contribution < 1.29 is 14.3 Å². The van der Waals surface area contributed by atoms with E-state index in [9.17, 15) is 4.79 Å². The molecule has 17 heavy (non-hydrogen) atoms. The normalized spacial score (nSPS) is 9.82. The quantitative estimate of drug-likeness (QED) is 0.710. The fourth-order valence-electron chi connectivity index (χ4n) is 1.53. The number of carbonyl (C=O) groups excluding carboxylic acids is 1. The summed E-state index contributed by atoms with van der Waals surface area (Å²) in [6, 6.07) is 7.78. The first-order valence-corrected chi connectivity index (χ1v) is 5.68. The maximum atomic E-state index is 11.1. The van der Waals surface area contributed by atoms with Gasteiger partial charge in [0, 0.05) is 13.6 Å². The van der Waals surface area contributed by atoms with Crippen LogP contribution in [0.1, 0.15) is 13.3 Å². The minimum atomic E-state index is -0.203. The lowest BCUT2D eigenvalue weighted by Gasteiger charge is -2.21. The molecular formula is C13H19NO3. The Balaban J connectivity index is 2.67. The number of hydrogen-bond acceptors (Lipinski definition) is 4. The Morgan fingerprint density at radius 2 is 2.06 bits per heavy atom. The monoisotopic (exact) mass is 237 g/mol. The smallest absolute Gasteiger partial charge is 0.307 e. The molecule has 4 heteroatoms. The van der Waals surface area contributed by atoms with Crippen LogP contribution in [0.4, 0.5) is 5.69 Å². The first-order chi connectivity index (χ1) is 8.19. The van der Waals surface area contributed by atoms with Crippen LogP contribution in [-0.4, -0.2) is 33.3 Å². The summed E-state index contributed by atoms with van der Waals surface area (Å²) in [7, 11) is 3.33. The van der Waals surface area contributed by atoms with Crippen LogP contribution < -0.4 is 9.64 Å². The van der Waals surface area contributed by atoms with Gasteiger partial charge in [0.1, 0.15) is 5.75 Å². The second kappa shape index (κ2) is 6.78. The number of methoxy groups -OCH3 is 1. The topological polar surface area (TPSA) is 38.8 Å². The average Bonchev–Trinajstić information content (AvgIpc) is 2.36. The van der Waals surface area contributed by atoms with Crippen LogP contribution in [0.15, 0.2) is 24.3 Å². The van der Waals surface area contributed by atoms with Gasteiger partial charge < -0.3 is 14.4 Å². The maximum Gasteiger partial charge on any atom is 0.307 e. The third kappa shape index (κ3) is 3.98. The van der Waals surface area contributed by atoms with Crippen LogP contribution in [0.3, 0.4) is 0 Å². The van der Waals surface area contributed by atoms with E-state index < -0.39 is 0 Å². The molecule has 1 aromatic carbocycles. The summed E-state index contributed by atoms with van der Waals surface area (Å²) >= 11 is 0. The van der Waals surface area contributed by atoms with Crippen LogP contribution in [0.5, 0.6) is 5.75 Å². The number of ether oxygens (including phenoxy) is 2. The lowest BCUT2D eigenvalue weighted by atomic mass is 10.2. The molecule has 1 rings (SSSR count). The van der Waals surface area contributed by atoms with Crippen molar-refractivity contribution in [3.63, 3.8) is 0 Å². The maximum absolute atomic E-state index is 11.1. The highest BCUT2D eigenvalue weighted by Crippen LogP contribution is 2.26. The summed E-state index contributed by atoms with van der Waals surface area (Å²) in [4.78, 5) is 13.1. The van der Waals surface area contributed by atoms with Crippen molar-refractivity contribution in [1.29, 1.82) is 0 Å². The molecule has 0 atom stereocenters. The van der Waals surface area contributed by atoms with Gasteiger partial charge in [0.05, 0.1) is 25.8 Å². The number of nitrogens with zero attached hydrogens (tertiary/aromatic N) is 1. The van der Waals surface area contributed by atoms with Gasteiger partial charge in [-0.05, 0) is 19.1 Å². The Hall–Kier alpha value is -1.71. The van der Waals surface area contributed by atoms with Crippen LogP contribution in [0.2, 0.25) is 0 Å². The van der Waals surface area contributed by atoms with Crippen molar-refractivity contribution in [2.24, 2.45) is 0 Å². The van der Waals surface area contributed by atoms with Gasteiger partial charge in [-0.25, -0.2) is 0 Å². The molecule has 0 fully saturated rings. The number of hydrogen-bond donors (Lipinski definition) is 0. The first-order valence-electron chi connectivity index (χ1n) is 5.68. The standard InChI is InChI=1S/C13H19NO3/c1-4-17-12-8-6-5-7-11(12)14(2)10-9-13(15)16-3/h5-8H,4,9-10H2,1-3H3. The Labute approximate surface area is 102 Å². The van der Waals surface area contributed by atoms with E-state index in [0.29, 0.717) is 19.6 Å². The van der Waals surface area contributed by atoms with Crippen LogP contribution >= 0.6 is 0 Å². The largest absolute Gasteiger partial charge is 0.492 e. The van der Waals surface area contributed by atoms with E-state index in [-0.39, 0.29) is 5.97 Å². The Kier molecular flexibility index (Phi) is 5.33. The number of para-hydroxylation sites is 2. The minimum absolute atomic E-state index is 0.203. The molecule has 0 aromatic heterocycles. The van der Waals surface area contributed by atoms with Crippen LogP contribution in [0.25, 0.3) is 0 Å². The number of rotatable bonds is 6. The predicted molar refractivity (Wildman–Crippen MR) is 67.5 cm³/mol. The SMILES string of the molecule is CCOc1ccccc1N(C)CCC(=O)OC. The van der Waals surface area contributed by atoms with Crippen molar-refractivity contribution in [2.45, 2.75) is 13.3 Å². The Morgan fingerprint density at radius 1 is 1.35 bits per heavy atom. The highest BCUT2D eigenvalue weighted by molar-refractivity contribution is 5.70. The van der Waals surface area contributed by atoms with Gasteiger partial charge >= 0.3 is 5.97 Å². The van der Waals surface area contributed by atoms with Crippen molar-refractivity contribution in [2.75, 3.05) is 32.2 Å². The van der Waals surface area contributed by atoms with Crippen molar-refractivity contribution in [1.82, 2.24) is 0 Å². The van der Waals surface area contributed by atoms with E-state index in [1.54, 1.807) is 0 Å². The molecule has 1 aromatic rings. The van der Waals surface area contributed by atoms with Gasteiger partial charge in [-0.2, -0.15) is 0 Å². The summed E-state index contributed by atoms with van der Waals surface area (Å²) in [5, 5.41) is 0. The summed E-state index contributed by atoms with van der Waals surface area (Å²) in [6.45, 7) is 3.18. The average molecular weight is 237 g/mol. The molecule has 0 N–H and O–H groups in total. The molecular weight excluding hydrogens is 218 g/mol. The van der Waals surface area contributed by atoms with E-state index in [2.05, 4.69) is 4.74 Å². The third-order valence-corrected chi connectivity index (χ3v) is 2.46. The molecule has 0 aliphatic rings. The number of anilines is 1. The lowest BCUT2D eigenvalue weighted by Crippen LogP contribution is -2.22. The molecule has 0 aliphatic heterocycles. The minimum Gasteiger partial charge on any atom is -0.492 e. The molecule has 0 radical (unpaired) electrons. The number of esters is 1. The van der Waals surface area contributed by atoms with E-state index in [0.717, 1.165) is 11.4 Å². The second-order valence-electron chi connectivity index (χ2n) is 3.65. The molecule has 0 unspecified atom stereocenters. The summed E-state index contributed by atoms with van der Waals surface area (Å²) < 4.78 is 10.2.